The molecule has 0 aliphatic rings. The molecule has 0 unspecified atom stereocenters. The number of hydrogen-bond donors (Lipinski definition) is 0. The molecule has 0 aromatic rings. The number of aliphatic carboxylic acids is 2. The molecule has 4 nitrogen and oxygen atoms in total. The second-order valence-corrected chi connectivity index (χ2v) is 5.07. The Morgan fingerprint density at radius 2 is 0.833 bits per heavy atom. The maximum absolute atomic E-state index is 9.92. The van der Waals surface area contributed by atoms with Crippen LogP contribution in [-0.4, -0.2) is 11.9 Å². The van der Waals surface area contributed by atoms with Gasteiger partial charge in [0.05, 0.1) is 0 Å². The van der Waals surface area contributed by atoms with Crippen LogP contribution in [0.25, 0.3) is 0 Å². The molecule has 0 aliphatic heterocycles. The minimum absolute atomic E-state index is 0. The Morgan fingerprint density at radius 3 is 1.04 bits per heavy atom. The summed E-state index contributed by atoms with van der Waals surface area (Å²) in [5.41, 5.74) is 0. The first kappa shape index (κ1) is 39.5. The molecule has 0 bridgehead atoms. The van der Waals surface area contributed by atoms with Gasteiger partial charge in [-0.25, -0.2) is 0 Å². The molecule has 0 amide bonds. The van der Waals surface area contributed by atoms with Gasteiger partial charge in [-0.3, -0.25) is 0 Å². The summed E-state index contributed by atoms with van der Waals surface area (Å²) in [5.74, 6) is -1.84. The number of rotatable bonds is 12. The molecule has 0 saturated carbocycles. The van der Waals surface area contributed by atoms with Gasteiger partial charge < -0.3 is 57.0 Å². The standard InChI is InChI=1S/2C8H16O2.3ClH.Mo/c2*1-2-3-4-5-6-7-8(9)10;;;;/h2*2-7H2,1H3,(H,9,10);3*1H;/p-5. The molecule has 0 atom stereocenters. The van der Waals surface area contributed by atoms with Gasteiger partial charge in [-0.05, 0) is 25.7 Å². The first-order valence-electron chi connectivity index (χ1n) is 7.94. The van der Waals surface area contributed by atoms with Crippen molar-refractivity contribution < 1.29 is 78.1 Å². The summed E-state index contributed by atoms with van der Waals surface area (Å²) in [5, 5.41) is 19.8. The Balaban J connectivity index is -0.0000000579. The second-order valence-electron chi connectivity index (χ2n) is 5.07. The van der Waals surface area contributed by atoms with Crippen molar-refractivity contribution in [2.75, 3.05) is 0 Å². The summed E-state index contributed by atoms with van der Waals surface area (Å²) < 4.78 is 0. The van der Waals surface area contributed by atoms with Crippen LogP contribution in [0.2, 0.25) is 0 Å². The van der Waals surface area contributed by atoms with Crippen LogP contribution in [0.5, 0.6) is 0 Å². The molecule has 0 aromatic heterocycles. The van der Waals surface area contributed by atoms with Crippen LogP contribution in [0.15, 0.2) is 0 Å². The van der Waals surface area contributed by atoms with Gasteiger partial charge in [0.1, 0.15) is 0 Å². The molecule has 0 rings (SSSR count). The molecule has 0 saturated heterocycles. The molecule has 24 heavy (non-hydrogen) atoms. The summed E-state index contributed by atoms with van der Waals surface area (Å²) in [6, 6.07) is 0. The number of unbranched alkanes of at least 4 members (excludes halogenated alkanes) is 8. The molecule has 150 valence electrons. The van der Waals surface area contributed by atoms with E-state index in [9.17, 15) is 19.8 Å². The zero-order valence-corrected chi connectivity index (χ0v) is 18.9. The normalized spacial score (nSPS) is 8.08. The SMILES string of the molecule is CCCCCCCC(=O)[O-].CCCCCCCC(=O)[O-].[Cl-].[Cl-].[Cl-].[Mo]. The number of hydrogen-bond acceptors (Lipinski definition) is 4. The molecule has 0 fully saturated rings. The van der Waals surface area contributed by atoms with E-state index in [1.54, 1.807) is 0 Å². The van der Waals surface area contributed by atoms with Crippen molar-refractivity contribution in [1.82, 2.24) is 0 Å². The van der Waals surface area contributed by atoms with E-state index in [-0.39, 0.29) is 71.1 Å². The fourth-order valence-electron chi connectivity index (χ4n) is 1.75. The van der Waals surface area contributed by atoms with Gasteiger partial charge in [-0.1, -0.05) is 65.2 Å². The summed E-state index contributed by atoms with van der Waals surface area (Å²) in [4.78, 5) is 19.8. The van der Waals surface area contributed by atoms with Crippen molar-refractivity contribution in [2.24, 2.45) is 0 Å². The van der Waals surface area contributed by atoms with Gasteiger partial charge in [0.25, 0.3) is 0 Å². The van der Waals surface area contributed by atoms with Crippen molar-refractivity contribution in [3.05, 3.63) is 0 Å². The van der Waals surface area contributed by atoms with Crippen LogP contribution < -0.4 is 47.4 Å². The first-order valence-corrected chi connectivity index (χ1v) is 7.94. The molecule has 0 spiro atoms. The van der Waals surface area contributed by atoms with Crippen LogP contribution in [0.4, 0.5) is 0 Å². The van der Waals surface area contributed by atoms with Gasteiger partial charge in [-0.15, -0.1) is 0 Å². The Kier molecular flexibility index (Phi) is 57.3. The smallest absolute Gasteiger partial charge is 0.0414 e. The van der Waals surface area contributed by atoms with Crippen LogP contribution in [0.3, 0.4) is 0 Å². The average Bonchev–Trinajstić information content (AvgIpc) is 2.38. The predicted molar refractivity (Wildman–Crippen MR) is 76.8 cm³/mol. The Morgan fingerprint density at radius 1 is 0.583 bits per heavy atom. The van der Waals surface area contributed by atoms with Gasteiger partial charge >= 0.3 is 0 Å². The van der Waals surface area contributed by atoms with Gasteiger partial charge in [0, 0.05) is 33.0 Å². The third-order valence-corrected chi connectivity index (χ3v) is 2.97. The number of carbonyl (C=O) groups excluding carboxylic acids is 2. The zero-order chi connectivity index (χ0) is 15.6. The van der Waals surface area contributed by atoms with E-state index in [1.807, 2.05) is 0 Å². The Hall–Kier alpha value is 0.498. The van der Waals surface area contributed by atoms with Crippen molar-refractivity contribution in [3.8, 4) is 0 Å². The number of carboxylic acids is 2. The van der Waals surface area contributed by atoms with E-state index in [4.69, 9.17) is 0 Å². The fraction of sp³-hybridized carbons (Fsp3) is 0.875. The first-order chi connectivity index (χ1) is 9.54. The number of carbonyl (C=O) groups is 2. The van der Waals surface area contributed by atoms with E-state index in [0.29, 0.717) is 0 Å². The summed E-state index contributed by atoms with van der Waals surface area (Å²) in [7, 11) is 0. The quantitative estimate of drug-likeness (QED) is 0.202. The third-order valence-electron chi connectivity index (χ3n) is 2.97. The van der Waals surface area contributed by atoms with E-state index in [1.165, 1.54) is 25.7 Å². The van der Waals surface area contributed by atoms with E-state index in [0.717, 1.165) is 38.5 Å². The minimum Gasteiger partial charge on any atom is -1.00 e. The Bertz CT molecular complexity index is 221. The molecule has 0 radical (unpaired) electrons. The van der Waals surface area contributed by atoms with Crippen molar-refractivity contribution >= 4 is 11.9 Å². The molecular weight excluding hydrogens is 458 g/mol. The topological polar surface area (TPSA) is 80.3 Å². The van der Waals surface area contributed by atoms with E-state index >= 15 is 0 Å². The molecular formula is C16H30Cl3MoO4-5. The molecule has 0 heterocycles. The van der Waals surface area contributed by atoms with Crippen LogP contribution in [-0.2, 0) is 30.7 Å². The average molecular weight is 489 g/mol. The van der Waals surface area contributed by atoms with Crippen molar-refractivity contribution in [3.63, 3.8) is 0 Å². The van der Waals surface area contributed by atoms with Crippen molar-refractivity contribution in [2.45, 2.75) is 90.9 Å². The van der Waals surface area contributed by atoms with Crippen LogP contribution >= 0.6 is 0 Å². The summed E-state index contributed by atoms with van der Waals surface area (Å²) >= 11 is 0. The van der Waals surface area contributed by atoms with Gasteiger partial charge in [0.2, 0.25) is 0 Å². The minimum atomic E-state index is -0.920. The predicted octanol–water partition coefficient (Wildman–Crippen LogP) is -6.80. The van der Waals surface area contributed by atoms with Crippen LogP contribution in [0, 0.1) is 0 Å². The molecule has 0 N–H and O–H groups in total. The van der Waals surface area contributed by atoms with Crippen LogP contribution in [0.1, 0.15) is 90.9 Å². The maximum Gasteiger partial charge on any atom is 0.0414 e. The maximum atomic E-state index is 9.92. The third kappa shape index (κ3) is 49.5. The number of carboxylic acid groups (broad SMARTS) is 2. The van der Waals surface area contributed by atoms with Gasteiger partial charge in [-0.2, -0.15) is 0 Å². The van der Waals surface area contributed by atoms with Gasteiger partial charge in [0.15, 0.2) is 0 Å². The monoisotopic (exact) mass is 489 g/mol. The summed E-state index contributed by atoms with van der Waals surface area (Å²) in [6.45, 7) is 4.28. The molecule has 0 aliphatic carbocycles. The van der Waals surface area contributed by atoms with E-state index < -0.39 is 11.9 Å². The molecule has 0 aromatic carbocycles. The molecule has 8 heteroatoms. The Labute approximate surface area is 180 Å². The fourth-order valence-corrected chi connectivity index (χ4v) is 1.75. The second kappa shape index (κ2) is 34.8. The number of halogens is 3. The van der Waals surface area contributed by atoms with Crippen molar-refractivity contribution in [1.29, 1.82) is 0 Å². The zero-order valence-electron chi connectivity index (χ0n) is 14.7. The summed E-state index contributed by atoms with van der Waals surface area (Å²) in [6.07, 6.45) is 11.2. The largest absolute Gasteiger partial charge is 1.00 e. The van der Waals surface area contributed by atoms with E-state index in [2.05, 4.69) is 13.8 Å².